The molecule has 1 aliphatic rings. The minimum atomic E-state index is -0.416. The molecule has 0 aliphatic carbocycles. The van der Waals surface area contributed by atoms with Crippen LogP contribution in [0.1, 0.15) is 18.5 Å². The number of benzene rings is 1. The van der Waals surface area contributed by atoms with Crippen LogP contribution in [0.4, 0.5) is 4.79 Å². The quantitative estimate of drug-likeness (QED) is 0.896. The first kappa shape index (κ1) is 13.4. The summed E-state index contributed by atoms with van der Waals surface area (Å²) >= 11 is 4.51. The van der Waals surface area contributed by atoms with Gasteiger partial charge in [0, 0.05) is 10.2 Å². The topological polar surface area (TPSA) is 58.2 Å². The van der Waals surface area contributed by atoms with E-state index in [9.17, 15) is 9.59 Å². The maximum atomic E-state index is 11.9. The number of hydrogen-bond acceptors (Lipinski definition) is 3. The summed E-state index contributed by atoms with van der Waals surface area (Å²) in [4.78, 5) is 22.9. The van der Waals surface area contributed by atoms with Gasteiger partial charge in [-0.2, -0.15) is 0 Å². The minimum Gasteiger partial charge on any atom is -0.348 e. The molecule has 2 N–H and O–H groups in total. The van der Waals surface area contributed by atoms with Gasteiger partial charge < -0.3 is 10.6 Å². The highest BCUT2D eigenvalue weighted by molar-refractivity contribution is 9.10. The molecular weight excluding hydrogens is 316 g/mol. The highest BCUT2D eigenvalue weighted by Gasteiger charge is 2.28. The summed E-state index contributed by atoms with van der Waals surface area (Å²) in [5.74, 6) is 0.362. The van der Waals surface area contributed by atoms with Crippen LogP contribution in [0.2, 0.25) is 0 Å². The zero-order valence-corrected chi connectivity index (χ0v) is 12.2. The normalized spacial score (nSPS) is 20.3. The van der Waals surface area contributed by atoms with Gasteiger partial charge in [0.2, 0.25) is 5.91 Å². The van der Waals surface area contributed by atoms with Gasteiger partial charge in [0.1, 0.15) is 6.04 Å². The van der Waals surface area contributed by atoms with E-state index >= 15 is 0 Å². The van der Waals surface area contributed by atoms with Crippen LogP contribution in [0.25, 0.3) is 0 Å². The molecule has 96 valence electrons. The molecular formula is C12H13BrN2O2S. The average Bonchev–Trinajstić information content (AvgIpc) is 2.76. The van der Waals surface area contributed by atoms with E-state index < -0.39 is 6.04 Å². The lowest BCUT2D eigenvalue weighted by Gasteiger charge is -2.17. The molecule has 1 aromatic carbocycles. The van der Waals surface area contributed by atoms with E-state index in [1.807, 2.05) is 31.2 Å². The number of carbonyl (C=O) groups excluding carboxylic acids is 2. The van der Waals surface area contributed by atoms with Crippen LogP contribution in [0.5, 0.6) is 0 Å². The molecule has 4 nitrogen and oxygen atoms in total. The Hall–Kier alpha value is -1.01. The molecule has 1 fully saturated rings. The molecule has 1 aliphatic heterocycles. The molecule has 2 amide bonds. The zero-order valence-electron chi connectivity index (χ0n) is 9.77. The van der Waals surface area contributed by atoms with E-state index in [0.29, 0.717) is 5.75 Å². The summed E-state index contributed by atoms with van der Waals surface area (Å²) in [5, 5.41) is 5.39. The highest BCUT2D eigenvalue weighted by atomic mass is 79.9. The number of thioether (sulfide) groups is 1. The highest BCUT2D eigenvalue weighted by Crippen LogP contribution is 2.18. The van der Waals surface area contributed by atoms with Crippen molar-refractivity contribution in [3.8, 4) is 0 Å². The van der Waals surface area contributed by atoms with Crippen molar-refractivity contribution in [2.75, 3.05) is 5.75 Å². The van der Waals surface area contributed by atoms with E-state index in [1.54, 1.807) is 0 Å². The number of halogens is 1. The predicted octanol–water partition coefficient (Wildman–Crippen LogP) is 2.45. The minimum absolute atomic E-state index is 0.0758. The Morgan fingerprint density at radius 1 is 1.50 bits per heavy atom. The number of carbonyl (C=O) groups is 2. The first-order chi connectivity index (χ1) is 8.56. The number of amides is 2. The summed E-state index contributed by atoms with van der Waals surface area (Å²) in [5.41, 5.74) is 1.03. The summed E-state index contributed by atoms with van der Waals surface area (Å²) < 4.78 is 1.00. The van der Waals surface area contributed by atoms with Gasteiger partial charge in [-0.25, -0.2) is 0 Å². The number of nitrogens with one attached hydrogen (secondary N) is 2. The molecule has 2 rings (SSSR count). The Morgan fingerprint density at radius 2 is 2.17 bits per heavy atom. The Bertz CT molecular complexity index is 464. The van der Waals surface area contributed by atoms with Crippen molar-refractivity contribution in [1.29, 1.82) is 0 Å². The summed E-state index contributed by atoms with van der Waals surface area (Å²) in [7, 11) is 0. The van der Waals surface area contributed by atoms with E-state index in [4.69, 9.17) is 0 Å². The van der Waals surface area contributed by atoms with Crippen molar-refractivity contribution in [3.05, 3.63) is 34.3 Å². The van der Waals surface area contributed by atoms with E-state index in [1.165, 1.54) is 0 Å². The number of hydrogen-bond donors (Lipinski definition) is 2. The molecule has 2 atom stereocenters. The molecule has 0 radical (unpaired) electrons. The van der Waals surface area contributed by atoms with Gasteiger partial charge in [-0.15, -0.1) is 0 Å². The van der Waals surface area contributed by atoms with E-state index in [-0.39, 0.29) is 17.2 Å². The van der Waals surface area contributed by atoms with Gasteiger partial charge in [-0.3, -0.25) is 9.59 Å². The van der Waals surface area contributed by atoms with Crippen LogP contribution in [-0.2, 0) is 4.79 Å². The molecule has 1 heterocycles. The lowest BCUT2D eigenvalue weighted by Crippen LogP contribution is -2.43. The van der Waals surface area contributed by atoms with Gasteiger partial charge in [0.25, 0.3) is 5.24 Å². The van der Waals surface area contributed by atoms with Crippen molar-refractivity contribution < 1.29 is 9.59 Å². The van der Waals surface area contributed by atoms with Gasteiger partial charge in [0.15, 0.2) is 0 Å². The van der Waals surface area contributed by atoms with Crippen LogP contribution < -0.4 is 10.6 Å². The average molecular weight is 329 g/mol. The molecule has 0 bridgehead atoms. The summed E-state index contributed by atoms with van der Waals surface area (Å²) in [6.07, 6.45) is 0. The number of rotatable bonds is 3. The lowest BCUT2D eigenvalue weighted by atomic mass is 10.1. The Balaban J connectivity index is 1.94. The third-order valence-corrected chi connectivity index (χ3v) is 4.13. The first-order valence-electron chi connectivity index (χ1n) is 5.55. The fourth-order valence-corrected chi connectivity index (χ4v) is 2.72. The second kappa shape index (κ2) is 5.75. The monoisotopic (exact) mass is 328 g/mol. The van der Waals surface area contributed by atoms with E-state index in [2.05, 4.69) is 26.6 Å². The Labute approximate surface area is 118 Å². The standard InChI is InChI=1S/C12H13BrN2O2S/c1-7(8-2-4-9(13)5-3-8)14-11(16)10-6-18-12(17)15-10/h2-5,7,10H,6H2,1H3,(H,14,16)(H,15,17). The van der Waals surface area contributed by atoms with Crippen LogP contribution in [0, 0.1) is 0 Å². The third kappa shape index (κ3) is 3.26. The van der Waals surface area contributed by atoms with Gasteiger partial charge in [-0.05, 0) is 24.6 Å². The summed E-state index contributed by atoms with van der Waals surface area (Å²) in [6.45, 7) is 1.92. The van der Waals surface area contributed by atoms with Gasteiger partial charge in [0.05, 0.1) is 6.04 Å². The van der Waals surface area contributed by atoms with Crippen molar-refractivity contribution in [2.24, 2.45) is 0 Å². The molecule has 0 saturated carbocycles. The predicted molar refractivity (Wildman–Crippen MR) is 75.5 cm³/mol. The maximum absolute atomic E-state index is 11.9. The molecule has 1 aromatic rings. The molecule has 0 spiro atoms. The van der Waals surface area contributed by atoms with E-state index in [0.717, 1.165) is 21.8 Å². The second-order valence-corrected chi connectivity index (χ2v) is 5.99. The SMILES string of the molecule is CC(NC(=O)C1CSC(=O)N1)c1ccc(Br)cc1. The third-order valence-electron chi connectivity index (χ3n) is 2.72. The van der Waals surface area contributed by atoms with Gasteiger partial charge in [-0.1, -0.05) is 39.8 Å². The van der Waals surface area contributed by atoms with Crippen LogP contribution in [0.15, 0.2) is 28.7 Å². The Kier molecular flexibility index (Phi) is 4.29. The molecule has 2 unspecified atom stereocenters. The second-order valence-electron chi connectivity index (χ2n) is 4.08. The first-order valence-corrected chi connectivity index (χ1v) is 7.33. The molecule has 6 heteroatoms. The van der Waals surface area contributed by atoms with Crippen LogP contribution in [0.3, 0.4) is 0 Å². The largest absolute Gasteiger partial charge is 0.348 e. The fourth-order valence-electron chi connectivity index (χ4n) is 1.67. The zero-order chi connectivity index (χ0) is 13.1. The molecule has 18 heavy (non-hydrogen) atoms. The lowest BCUT2D eigenvalue weighted by molar-refractivity contribution is -0.122. The van der Waals surface area contributed by atoms with Crippen molar-refractivity contribution in [2.45, 2.75) is 19.0 Å². The van der Waals surface area contributed by atoms with Crippen molar-refractivity contribution in [1.82, 2.24) is 10.6 Å². The maximum Gasteiger partial charge on any atom is 0.279 e. The fraction of sp³-hybridized carbons (Fsp3) is 0.333. The Morgan fingerprint density at radius 3 is 2.72 bits per heavy atom. The molecule has 1 saturated heterocycles. The van der Waals surface area contributed by atoms with Gasteiger partial charge >= 0.3 is 0 Å². The van der Waals surface area contributed by atoms with Crippen LogP contribution in [-0.4, -0.2) is 22.9 Å². The van der Waals surface area contributed by atoms with Crippen LogP contribution >= 0.6 is 27.7 Å². The van der Waals surface area contributed by atoms with Crippen molar-refractivity contribution >= 4 is 38.8 Å². The molecule has 0 aromatic heterocycles. The van der Waals surface area contributed by atoms with Crippen molar-refractivity contribution in [3.63, 3.8) is 0 Å². The smallest absolute Gasteiger partial charge is 0.279 e. The summed E-state index contributed by atoms with van der Waals surface area (Å²) in [6, 6.07) is 7.29.